The van der Waals surface area contributed by atoms with Crippen LogP contribution >= 0.6 is 0 Å². The molecule has 5 heteroatoms. The van der Waals surface area contributed by atoms with E-state index in [-0.39, 0.29) is 0 Å². The summed E-state index contributed by atoms with van der Waals surface area (Å²) in [4.78, 5) is 10.7. The number of fused-ring (bicyclic) bond motifs is 1. The van der Waals surface area contributed by atoms with E-state index in [0.717, 1.165) is 0 Å². The zero-order chi connectivity index (χ0) is 8.60. The molecule has 0 aromatic heterocycles. The Bertz CT molecular complexity index is 354. The van der Waals surface area contributed by atoms with Crippen LogP contribution in [0.15, 0.2) is 46.7 Å². The molecular weight excluding hydrogens is 158 g/mol. The summed E-state index contributed by atoms with van der Waals surface area (Å²) in [5.74, 6) is 0. The highest BCUT2D eigenvalue weighted by molar-refractivity contribution is 5.58. The molecule has 2 aliphatic heterocycles. The summed E-state index contributed by atoms with van der Waals surface area (Å²) in [6.45, 7) is 0. The number of rotatable bonds is 0. The van der Waals surface area contributed by atoms with Crippen LogP contribution in [0.2, 0.25) is 0 Å². The summed E-state index contributed by atoms with van der Waals surface area (Å²) >= 11 is 0. The van der Waals surface area contributed by atoms with Gasteiger partial charge in [0.25, 0.3) is 6.09 Å². The van der Waals surface area contributed by atoms with Crippen LogP contribution in [0.4, 0.5) is 4.79 Å². The molecule has 0 saturated heterocycles. The van der Waals surface area contributed by atoms with Crippen LogP contribution in [0.3, 0.4) is 0 Å². The van der Waals surface area contributed by atoms with Gasteiger partial charge in [-0.25, -0.2) is 0 Å². The molecule has 0 aromatic rings. The van der Waals surface area contributed by atoms with Crippen LogP contribution in [0.1, 0.15) is 0 Å². The average molecular weight is 163 g/mol. The lowest BCUT2D eigenvalue weighted by Crippen LogP contribution is -2.49. The molecule has 0 radical (unpaired) electrons. The Kier molecular flexibility index (Phi) is 1.22. The molecule has 60 valence electrons. The van der Waals surface area contributed by atoms with E-state index < -0.39 is 10.7 Å². The molecule has 1 atom stereocenters. The third-order valence-electron chi connectivity index (χ3n) is 1.73. The van der Waals surface area contributed by atoms with Gasteiger partial charge in [0.05, 0.1) is 0 Å². The Morgan fingerprint density at radius 1 is 1.50 bits per heavy atom. The van der Waals surface area contributed by atoms with Crippen molar-refractivity contribution in [3.8, 4) is 0 Å². The molecule has 0 spiro atoms. The molecule has 5 nitrogen and oxygen atoms in total. The molecule has 1 amide bonds. The van der Waals surface area contributed by atoms with Crippen molar-refractivity contribution in [3.63, 3.8) is 0 Å². The third kappa shape index (κ3) is 0.680. The first-order valence-electron chi connectivity index (χ1n) is 3.35. The van der Waals surface area contributed by atoms with E-state index >= 15 is 0 Å². The van der Waals surface area contributed by atoms with Gasteiger partial charge in [0, 0.05) is 11.3 Å². The van der Waals surface area contributed by atoms with Crippen LogP contribution in [-0.2, 0) is 0 Å². The number of quaternary nitrogens is 1. The normalized spacial score (nSPS) is 30.2. The van der Waals surface area contributed by atoms with E-state index in [4.69, 9.17) is 0 Å². The zero-order valence-corrected chi connectivity index (χ0v) is 6.04. The topological polar surface area (TPSA) is 64.8 Å². The van der Waals surface area contributed by atoms with Crippen LogP contribution < -0.4 is 5.11 Å². The zero-order valence-electron chi connectivity index (χ0n) is 6.04. The second kappa shape index (κ2) is 2.12. The van der Waals surface area contributed by atoms with Crippen molar-refractivity contribution < 1.29 is 14.5 Å². The Hall–Kier alpha value is -1.75. The van der Waals surface area contributed by atoms with E-state index in [0.29, 0.717) is 5.70 Å². The first kappa shape index (κ1) is 6.93. The number of carbonyl (C=O) groups excluding carboxylic acids is 1. The maximum Gasteiger partial charge on any atom is 0.297 e. The van der Waals surface area contributed by atoms with Crippen molar-refractivity contribution in [1.29, 1.82) is 0 Å². The van der Waals surface area contributed by atoms with Crippen LogP contribution in [0.25, 0.3) is 0 Å². The monoisotopic (exact) mass is 163 g/mol. The van der Waals surface area contributed by atoms with Gasteiger partial charge in [0.15, 0.2) is 5.70 Å². The third-order valence-corrected chi connectivity index (χ3v) is 1.73. The Labute approximate surface area is 68.2 Å². The molecule has 0 saturated carbocycles. The van der Waals surface area contributed by atoms with Gasteiger partial charge >= 0.3 is 0 Å². The smallest absolute Gasteiger partial charge is 0.297 e. The quantitative estimate of drug-likeness (QED) is 0.486. The Morgan fingerprint density at radius 3 is 3.00 bits per heavy atom. The summed E-state index contributed by atoms with van der Waals surface area (Å²) < 4.78 is -0.670. The number of hydrogen-bond acceptors (Lipinski definition) is 4. The van der Waals surface area contributed by atoms with E-state index in [1.807, 2.05) is 0 Å². The maximum absolute atomic E-state index is 10.7. The highest BCUT2D eigenvalue weighted by Gasteiger charge is 2.38. The summed E-state index contributed by atoms with van der Waals surface area (Å²) in [6, 6.07) is 0. The first-order chi connectivity index (χ1) is 5.76. The summed E-state index contributed by atoms with van der Waals surface area (Å²) in [5, 5.41) is 17.8. The predicted molar refractivity (Wildman–Crippen MR) is 36.9 cm³/mol. The van der Waals surface area contributed by atoms with Crippen molar-refractivity contribution in [2.75, 3.05) is 0 Å². The minimum Gasteiger partial charge on any atom is -0.496 e. The Morgan fingerprint density at radius 2 is 2.33 bits per heavy atom. The van der Waals surface area contributed by atoms with Crippen molar-refractivity contribution in [2.45, 2.75) is 0 Å². The average Bonchev–Trinajstić information content (AvgIpc) is 2.48. The standard InChI is InChI=1S/C7H5N3O2/c11-7(12)10-4-2-1-3-6(10)5-8-9-10/h1-5H. The van der Waals surface area contributed by atoms with Gasteiger partial charge in [-0.1, -0.05) is 10.7 Å². The van der Waals surface area contributed by atoms with Crippen LogP contribution in [-0.4, -0.2) is 10.7 Å². The number of nitrogens with zero attached hydrogens (tertiary/aromatic N) is 3. The van der Waals surface area contributed by atoms with Gasteiger partial charge in [-0.05, 0) is 6.08 Å². The fraction of sp³-hybridized carbons (Fsp3) is 0. The van der Waals surface area contributed by atoms with Crippen molar-refractivity contribution in [2.24, 2.45) is 10.3 Å². The van der Waals surface area contributed by atoms with Gasteiger partial charge in [0.2, 0.25) is 0 Å². The number of carboxylic acid groups (broad SMARTS) is 1. The number of allylic oxidation sites excluding steroid dienone is 3. The van der Waals surface area contributed by atoms with Crippen molar-refractivity contribution in [1.82, 2.24) is 0 Å². The van der Waals surface area contributed by atoms with Crippen molar-refractivity contribution >= 4 is 6.09 Å². The van der Waals surface area contributed by atoms with Gasteiger partial charge in [-0.3, -0.25) is 0 Å². The largest absolute Gasteiger partial charge is 0.496 e. The second-order valence-corrected chi connectivity index (χ2v) is 2.41. The Balaban J connectivity index is 2.54. The molecule has 2 heterocycles. The van der Waals surface area contributed by atoms with Gasteiger partial charge in [-0.2, -0.15) is 0 Å². The van der Waals surface area contributed by atoms with Gasteiger partial charge in [-0.15, -0.1) is 5.11 Å². The number of hydrogen-bond donors (Lipinski definition) is 0. The molecule has 0 fully saturated rings. The molecule has 0 bridgehead atoms. The van der Waals surface area contributed by atoms with Crippen LogP contribution in [0.5, 0.6) is 0 Å². The van der Waals surface area contributed by atoms with Crippen LogP contribution in [0, 0.1) is 0 Å². The van der Waals surface area contributed by atoms with Gasteiger partial charge in [0.1, 0.15) is 12.4 Å². The number of carbonyl (C=O) groups is 1. The molecule has 0 N–H and O–H groups in total. The molecule has 12 heavy (non-hydrogen) atoms. The summed E-state index contributed by atoms with van der Waals surface area (Å²) in [6.07, 6.45) is 6.45. The molecule has 0 aromatic carbocycles. The second-order valence-electron chi connectivity index (χ2n) is 2.41. The SMILES string of the molecule is O=C([O-])[N+]12C=CC=CC1=CN=N2. The first-order valence-corrected chi connectivity index (χ1v) is 3.35. The molecule has 2 aliphatic rings. The summed E-state index contributed by atoms with van der Waals surface area (Å²) in [7, 11) is 0. The maximum atomic E-state index is 10.7. The fourth-order valence-electron chi connectivity index (χ4n) is 1.11. The summed E-state index contributed by atoms with van der Waals surface area (Å²) in [5.41, 5.74) is 0.484. The molecule has 1 unspecified atom stereocenters. The lowest BCUT2D eigenvalue weighted by Gasteiger charge is -2.23. The minimum absolute atomic E-state index is 0.484. The van der Waals surface area contributed by atoms with Crippen molar-refractivity contribution in [3.05, 3.63) is 36.3 Å². The fourth-order valence-corrected chi connectivity index (χ4v) is 1.11. The van der Waals surface area contributed by atoms with E-state index in [1.54, 1.807) is 18.2 Å². The van der Waals surface area contributed by atoms with Gasteiger partial charge < -0.3 is 9.90 Å². The highest BCUT2D eigenvalue weighted by Crippen LogP contribution is 2.29. The molecular formula is C7H5N3O2. The lowest BCUT2D eigenvalue weighted by molar-refractivity contribution is -0.795. The molecule has 0 aliphatic carbocycles. The lowest BCUT2D eigenvalue weighted by atomic mass is 10.3. The van der Waals surface area contributed by atoms with E-state index in [1.165, 1.54) is 12.4 Å². The predicted octanol–water partition coefficient (Wildman–Crippen LogP) is 0.452. The molecule has 2 rings (SSSR count). The minimum atomic E-state index is -1.30. The van der Waals surface area contributed by atoms with E-state index in [2.05, 4.69) is 10.3 Å². The number of amides is 1. The highest BCUT2D eigenvalue weighted by atomic mass is 16.4. The van der Waals surface area contributed by atoms with E-state index in [9.17, 15) is 9.90 Å².